The molecule has 4 aromatic rings. The van der Waals surface area contributed by atoms with Crippen LogP contribution in [0.2, 0.25) is 5.02 Å². The summed E-state index contributed by atoms with van der Waals surface area (Å²) in [4.78, 5) is 44.1. The molecule has 7 nitrogen and oxygen atoms in total. The Morgan fingerprint density at radius 1 is 0.951 bits per heavy atom. The number of halogens is 1. The fraction of sp³-hybridized carbons (Fsp3) is 0.125. The molecule has 0 radical (unpaired) electrons. The summed E-state index contributed by atoms with van der Waals surface area (Å²) >= 11 is 7.51. The van der Waals surface area contributed by atoms with Crippen LogP contribution in [0.3, 0.4) is 0 Å². The molecule has 41 heavy (non-hydrogen) atoms. The maximum absolute atomic E-state index is 13.3. The van der Waals surface area contributed by atoms with Gasteiger partial charge in [0, 0.05) is 39.3 Å². The van der Waals surface area contributed by atoms with E-state index in [1.165, 1.54) is 11.8 Å². The molecule has 1 heterocycles. The Morgan fingerprint density at radius 3 is 2.49 bits per heavy atom. The van der Waals surface area contributed by atoms with Crippen molar-refractivity contribution in [1.82, 2.24) is 10.3 Å². The van der Waals surface area contributed by atoms with Crippen LogP contribution >= 0.6 is 23.4 Å². The number of aryl methyl sites for hydroxylation is 1. The van der Waals surface area contributed by atoms with Crippen LogP contribution in [-0.4, -0.2) is 28.0 Å². The van der Waals surface area contributed by atoms with Gasteiger partial charge in [-0.2, -0.15) is 0 Å². The topological polar surface area (TPSA) is 100 Å². The first kappa shape index (κ1) is 29.6. The van der Waals surface area contributed by atoms with Crippen molar-refractivity contribution in [3.8, 4) is 0 Å². The van der Waals surface area contributed by atoms with E-state index in [2.05, 4.69) is 20.9 Å². The van der Waals surface area contributed by atoms with Gasteiger partial charge in [-0.3, -0.25) is 19.4 Å². The summed E-state index contributed by atoms with van der Waals surface area (Å²) < 4.78 is 0. The molecular weight excluding hydrogens is 556 g/mol. The SMILES string of the molecule is CCC(Sc1cccc(NC(=O)/C(=C/c2cccnc2)NC(=O)c2ccccc2)c1)C(=O)Nc1cc(Cl)ccc1C. The molecule has 0 bridgehead atoms. The van der Waals surface area contributed by atoms with Crippen molar-refractivity contribution in [2.24, 2.45) is 0 Å². The normalized spacial score (nSPS) is 11.8. The lowest BCUT2D eigenvalue weighted by molar-refractivity contribution is -0.116. The van der Waals surface area contributed by atoms with Crippen molar-refractivity contribution in [2.75, 3.05) is 10.6 Å². The number of hydrogen-bond acceptors (Lipinski definition) is 5. The van der Waals surface area contributed by atoms with Gasteiger partial charge < -0.3 is 16.0 Å². The minimum absolute atomic E-state index is 0.0626. The van der Waals surface area contributed by atoms with Crippen molar-refractivity contribution in [1.29, 1.82) is 0 Å². The summed E-state index contributed by atoms with van der Waals surface area (Å²) in [7, 11) is 0. The van der Waals surface area contributed by atoms with Gasteiger partial charge in [-0.05, 0) is 79.1 Å². The van der Waals surface area contributed by atoms with Crippen LogP contribution in [0.25, 0.3) is 6.08 Å². The molecule has 3 N–H and O–H groups in total. The van der Waals surface area contributed by atoms with E-state index in [4.69, 9.17) is 11.6 Å². The number of anilines is 2. The number of carbonyl (C=O) groups excluding carboxylic acids is 3. The Bertz CT molecular complexity index is 1560. The van der Waals surface area contributed by atoms with Crippen molar-refractivity contribution in [2.45, 2.75) is 30.4 Å². The lowest BCUT2D eigenvalue weighted by atomic mass is 10.2. The molecule has 0 spiro atoms. The number of aromatic nitrogens is 1. The van der Waals surface area contributed by atoms with Crippen molar-refractivity contribution < 1.29 is 14.4 Å². The van der Waals surface area contributed by atoms with Crippen LogP contribution in [0.5, 0.6) is 0 Å². The number of rotatable bonds is 10. The van der Waals surface area contributed by atoms with E-state index >= 15 is 0 Å². The standard InChI is InChI=1S/C32H29ClN4O3S/c1-3-29(32(40)36-27-18-24(33)15-14-21(27)2)41-26-13-7-12-25(19-26)35-31(39)28(17-22-9-8-16-34-20-22)37-30(38)23-10-5-4-6-11-23/h4-20,29H,3H2,1-2H3,(H,35,39)(H,36,40)(H,37,38)/b28-17-. The van der Waals surface area contributed by atoms with Crippen molar-refractivity contribution >= 4 is 58.5 Å². The molecular formula is C32H29ClN4O3S. The summed E-state index contributed by atoms with van der Waals surface area (Å²) in [5.41, 5.74) is 3.25. The first-order valence-corrected chi connectivity index (χ1v) is 14.2. The van der Waals surface area contributed by atoms with Crippen molar-refractivity contribution in [3.63, 3.8) is 0 Å². The Morgan fingerprint density at radius 2 is 1.76 bits per heavy atom. The minimum Gasteiger partial charge on any atom is -0.325 e. The molecule has 3 amide bonds. The molecule has 4 rings (SSSR count). The molecule has 0 fully saturated rings. The molecule has 1 aromatic heterocycles. The molecule has 0 aliphatic rings. The highest BCUT2D eigenvalue weighted by Crippen LogP contribution is 2.29. The maximum Gasteiger partial charge on any atom is 0.272 e. The van der Waals surface area contributed by atoms with Gasteiger partial charge >= 0.3 is 0 Å². The number of nitrogens with one attached hydrogen (secondary N) is 3. The Labute approximate surface area is 248 Å². The van der Waals surface area contributed by atoms with Gasteiger partial charge in [0.2, 0.25) is 5.91 Å². The third-order valence-electron chi connectivity index (χ3n) is 6.02. The zero-order valence-corrected chi connectivity index (χ0v) is 24.1. The summed E-state index contributed by atoms with van der Waals surface area (Å²) in [6.45, 7) is 3.85. The zero-order chi connectivity index (χ0) is 29.2. The third kappa shape index (κ3) is 8.54. The fourth-order valence-corrected chi connectivity index (χ4v) is 5.03. The second-order valence-electron chi connectivity index (χ2n) is 9.11. The maximum atomic E-state index is 13.3. The van der Waals surface area contributed by atoms with Crippen molar-refractivity contribution in [3.05, 3.63) is 125 Å². The smallest absolute Gasteiger partial charge is 0.272 e. The first-order valence-electron chi connectivity index (χ1n) is 13.0. The van der Waals surface area contributed by atoms with Crippen LogP contribution in [0.4, 0.5) is 11.4 Å². The van der Waals surface area contributed by atoms with Crippen LogP contribution in [0.15, 0.2) is 108 Å². The van der Waals surface area contributed by atoms with Gasteiger partial charge in [-0.25, -0.2) is 0 Å². The molecule has 208 valence electrons. The van der Waals surface area contributed by atoms with Gasteiger partial charge in [0.15, 0.2) is 0 Å². The third-order valence-corrected chi connectivity index (χ3v) is 7.61. The summed E-state index contributed by atoms with van der Waals surface area (Å²) in [6, 6.07) is 24.8. The van der Waals surface area contributed by atoms with Gasteiger partial charge in [-0.15, -0.1) is 11.8 Å². The predicted molar refractivity (Wildman–Crippen MR) is 166 cm³/mol. The lowest BCUT2D eigenvalue weighted by Crippen LogP contribution is -2.30. The average molecular weight is 585 g/mol. The first-order chi connectivity index (χ1) is 19.8. The Balaban J connectivity index is 1.49. The molecule has 0 saturated carbocycles. The molecule has 0 saturated heterocycles. The highest BCUT2D eigenvalue weighted by molar-refractivity contribution is 8.00. The van der Waals surface area contributed by atoms with E-state index in [0.29, 0.717) is 33.9 Å². The van der Waals surface area contributed by atoms with E-state index in [1.54, 1.807) is 85.2 Å². The molecule has 0 aliphatic heterocycles. The highest BCUT2D eigenvalue weighted by atomic mass is 35.5. The van der Waals surface area contributed by atoms with Gasteiger partial charge in [0.1, 0.15) is 5.70 Å². The largest absolute Gasteiger partial charge is 0.325 e. The Kier molecular flexibility index (Phi) is 10.3. The lowest BCUT2D eigenvalue weighted by Gasteiger charge is -2.17. The number of nitrogens with zero attached hydrogens (tertiary/aromatic N) is 1. The van der Waals surface area contributed by atoms with E-state index in [0.717, 1.165) is 10.5 Å². The highest BCUT2D eigenvalue weighted by Gasteiger charge is 2.20. The number of hydrogen-bond donors (Lipinski definition) is 3. The second-order valence-corrected chi connectivity index (χ2v) is 10.8. The number of pyridine rings is 1. The van der Waals surface area contributed by atoms with E-state index in [-0.39, 0.29) is 16.9 Å². The minimum atomic E-state index is -0.499. The van der Waals surface area contributed by atoms with E-state index in [9.17, 15) is 14.4 Å². The molecule has 3 aromatic carbocycles. The molecule has 1 unspecified atom stereocenters. The Hall–Kier alpha value is -4.40. The number of carbonyl (C=O) groups is 3. The monoisotopic (exact) mass is 584 g/mol. The quantitative estimate of drug-likeness (QED) is 0.138. The van der Waals surface area contributed by atoms with Gasteiger partial charge in [0.25, 0.3) is 11.8 Å². The molecule has 1 atom stereocenters. The van der Waals surface area contributed by atoms with Crippen LogP contribution in [-0.2, 0) is 9.59 Å². The molecule has 9 heteroatoms. The number of thioether (sulfide) groups is 1. The van der Waals surface area contributed by atoms with Gasteiger partial charge in [-0.1, -0.05) is 54.9 Å². The van der Waals surface area contributed by atoms with Crippen LogP contribution < -0.4 is 16.0 Å². The fourth-order valence-electron chi connectivity index (χ4n) is 3.84. The number of benzene rings is 3. The summed E-state index contributed by atoms with van der Waals surface area (Å²) in [5, 5.41) is 8.73. The van der Waals surface area contributed by atoms with E-state index < -0.39 is 11.8 Å². The summed E-state index contributed by atoms with van der Waals surface area (Å²) in [5.74, 6) is -1.05. The molecule has 0 aliphatic carbocycles. The number of amides is 3. The average Bonchev–Trinajstić information content (AvgIpc) is 2.98. The van der Waals surface area contributed by atoms with Gasteiger partial charge in [0.05, 0.1) is 5.25 Å². The zero-order valence-electron chi connectivity index (χ0n) is 22.6. The van der Waals surface area contributed by atoms with E-state index in [1.807, 2.05) is 32.0 Å². The van der Waals surface area contributed by atoms with Crippen LogP contribution in [0, 0.1) is 6.92 Å². The second kappa shape index (κ2) is 14.3. The predicted octanol–water partition coefficient (Wildman–Crippen LogP) is 6.96. The summed E-state index contributed by atoms with van der Waals surface area (Å²) in [6.07, 6.45) is 5.39. The van der Waals surface area contributed by atoms with Crippen LogP contribution in [0.1, 0.15) is 34.8 Å².